The van der Waals surface area contributed by atoms with Crippen LogP contribution in [0.5, 0.6) is 5.88 Å². The number of halogens is 1. The molecule has 34 heavy (non-hydrogen) atoms. The largest absolute Gasteiger partial charge is 0.476 e. The summed E-state index contributed by atoms with van der Waals surface area (Å²) < 4.78 is 25.7. The normalized spacial score (nSPS) is 14.6. The summed E-state index contributed by atoms with van der Waals surface area (Å²) in [5.74, 6) is -0.407. The number of benzene rings is 2. The zero-order chi connectivity index (χ0) is 23.8. The summed E-state index contributed by atoms with van der Waals surface area (Å²) in [5.41, 5.74) is 2.83. The van der Waals surface area contributed by atoms with Gasteiger partial charge in [-0.1, -0.05) is 54.6 Å². The predicted molar refractivity (Wildman–Crippen MR) is 129 cm³/mol. The van der Waals surface area contributed by atoms with Crippen molar-refractivity contribution in [3.8, 4) is 17.0 Å². The molecule has 0 atom stereocenters. The summed E-state index contributed by atoms with van der Waals surface area (Å²) in [6.07, 6.45) is 1.65. The predicted octanol–water partition coefficient (Wildman–Crippen LogP) is 3.80. The first kappa shape index (κ1) is 23.9. The Labute approximate surface area is 199 Å². The fourth-order valence-corrected chi connectivity index (χ4v) is 3.81. The number of hydrogen-bond donors (Lipinski definition) is 0. The Balaban J connectivity index is 1.26. The van der Waals surface area contributed by atoms with Gasteiger partial charge in [0.2, 0.25) is 5.88 Å². The van der Waals surface area contributed by atoms with Crippen molar-refractivity contribution < 1.29 is 18.7 Å². The average Bonchev–Trinajstić information content (AvgIpc) is 2.85. The van der Waals surface area contributed by atoms with E-state index < -0.39 is 0 Å². The van der Waals surface area contributed by atoms with Crippen LogP contribution in [0.4, 0.5) is 4.39 Å². The molecule has 2 aromatic carbocycles. The molecule has 0 bridgehead atoms. The molecule has 0 radical (unpaired) electrons. The van der Waals surface area contributed by atoms with E-state index in [4.69, 9.17) is 9.47 Å². The van der Waals surface area contributed by atoms with Crippen LogP contribution in [-0.4, -0.2) is 67.1 Å². The topological polar surface area (TPSA) is 54.9 Å². The van der Waals surface area contributed by atoms with Gasteiger partial charge in [0.1, 0.15) is 19.0 Å². The molecule has 7 heteroatoms. The fraction of sp³-hybridized carbons (Fsp3) is 0.333. The zero-order valence-electron chi connectivity index (χ0n) is 19.5. The molecule has 0 spiro atoms. The van der Waals surface area contributed by atoms with Crippen LogP contribution in [0.3, 0.4) is 0 Å². The first-order valence-electron chi connectivity index (χ1n) is 11.5. The van der Waals surface area contributed by atoms with Gasteiger partial charge >= 0.3 is 5.97 Å². The Bertz CT molecular complexity index is 1070. The monoisotopic (exact) mass is 463 g/mol. The molecule has 0 unspecified atom stereocenters. The highest BCUT2D eigenvalue weighted by Gasteiger charge is 2.14. The van der Waals surface area contributed by atoms with Crippen LogP contribution >= 0.6 is 0 Å². The van der Waals surface area contributed by atoms with Gasteiger partial charge in [0, 0.05) is 50.6 Å². The van der Waals surface area contributed by atoms with E-state index in [2.05, 4.69) is 21.8 Å². The average molecular weight is 464 g/mol. The minimum atomic E-state index is -0.389. The van der Waals surface area contributed by atoms with E-state index in [9.17, 15) is 9.18 Å². The molecule has 2 heterocycles. The summed E-state index contributed by atoms with van der Waals surface area (Å²) in [6, 6.07) is 18.1. The molecule has 0 saturated carbocycles. The second-order valence-corrected chi connectivity index (χ2v) is 8.52. The number of piperazine rings is 1. The number of esters is 1. The molecule has 1 aliphatic heterocycles. The molecule has 1 aromatic heterocycles. The van der Waals surface area contributed by atoms with E-state index in [1.54, 1.807) is 24.3 Å². The maximum absolute atomic E-state index is 14.7. The van der Waals surface area contributed by atoms with Crippen molar-refractivity contribution in [2.24, 2.45) is 0 Å². The molecule has 6 nitrogen and oxygen atoms in total. The first-order valence-corrected chi connectivity index (χ1v) is 11.5. The van der Waals surface area contributed by atoms with Gasteiger partial charge in [-0.3, -0.25) is 9.69 Å². The molecule has 178 valence electrons. The van der Waals surface area contributed by atoms with Crippen LogP contribution in [-0.2, 0) is 22.6 Å². The number of hydrogen-bond acceptors (Lipinski definition) is 6. The van der Waals surface area contributed by atoms with Crippen LogP contribution < -0.4 is 4.74 Å². The molecule has 3 aromatic rings. The number of likely N-dealkylation sites (N-methyl/N-ethyl adjacent to an activating group) is 1. The van der Waals surface area contributed by atoms with E-state index in [1.807, 2.05) is 30.3 Å². The third-order valence-corrected chi connectivity index (χ3v) is 5.94. The molecule has 1 aliphatic rings. The van der Waals surface area contributed by atoms with Crippen LogP contribution in [0.2, 0.25) is 0 Å². The molecule has 1 saturated heterocycles. The van der Waals surface area contributed by atoms with Gasteiger partial charge in [0.05, 0.1) is 6.42 Å². The summed E-state index contributed by atoms with van der Waals surface area (Å²) in [4.78, 5) is 21.0. The molecular formula is C27H30FN3O3. The van der Waals surface area contributed by atoms with Gasteiger partial charge in [-0.05, 0) is 23.7 Å². The number of carbonyl (C=O) groups excluding carboxylic acids is 1. The number of nitrogens with zero attached hydrogens (tertiary/aromatic N) is 3. The van der Waals surface area contributed by atoms with Gasteiger partial charge in [0.25, 0.3) is 0 Å². The fourth-order valence-electron chi connectivity index (χ4n) is 3.81. The van der Waals surface area contributed by atoms with Gasteiger partial charge < -0.3 is 14.4 Å². The number of carbonyl (C=O) groups is 1. The number of pyridine rings is 1. The standard InChI is InChI=1S/C27H30FN3O3/c1-30-11-13-31(14-12-30)15-16-33-26-18-25(28)24(19-29-26)23-9-7-21(8-10-23)17-27(32)34-20-22-5-3-2-4-6-22/h2-10,18-19H,11-17,20H2,1H3. The first-order chi connectivity index (χ1) is 16.6. The Kier molecular flexibility index (Phi) is 8.22. The maximum Gasteiger partial charge on any atom is 0.310 e. The molecule has 1 fully saturated rings. The highest BCUT2D eigenvalue weighted by molar-refractivity contribution is 5.73. The zero-order valence-corrected chi connectivity index (χ0v) is 19.5. The van der Waals surface area contributed by atoms with Crippen molar-refractivity contribution in [1.29, 1.82) is 0 Å². The highest BCUT2D eigenvalue weighted by atomic mass is 19.1. The van der Waals surface area contributed by atoms with Crippen molar-refractivity contribution in [3.05, 3.63) is 83.8 Å². The Hall–Kier alpha value is -3.29. The summed E-state index contributed by atoms with van der Waals surface area (Å²) in [6.45, 7) is 5.66. The summed E-state index contributed by atoms with van der Waals surface area (Å²) >= 11 is 0. The molecule has 0 N–H and O–H groups in total. The van der Waals surface area contributed by atoms with Gasteiger partial charge in [-0.2, -0.15) is 0 Å². The van der Waals surface area contributed by atoms with Gasteiger partial charge in [0.15, 0.2) is 0 Å². The van der Waals surface area contributed by atoms with Gasteiger partial charge in [-0.25, -0.2) is 9.37 Å². The van der Waals surface area contributed by atoms with Crippen molar-refractivity contribution in [2.75, 3.05) is 46.4 Å². The summed E-state index contributed by atoms with van der Waals surface area (Å²) in [7, 11) is 2.12. The maximum atomic E-state index is 14.7. The molecule has 0 amide bonds. The minimum Gasteiger partial charge on any atom is -0.476 e. The highest BCUT2D eigenvalue weighted by Crippen LogP contribution is 2.25. The number of ether oxygens (including phenoxy) is 2. The van der Waals surface area contributed by atoms with Crippen LogP contribution in [0.15, 0.2) is 66.9 Å². The molecular weight excluding hydrogens is 433 g/mol. The van der Waals surface area contributed by atoms with E-state index in [-0.39, 0.29) is 30.7 Å². The Morgan fingerprint density at radius 3 is 2.44 bits per heavy atom. The van der Waals surface area contributed by atoms with E-state index in [0.29, 0.717) is 17.7 Å². The third kappa shape index (κ3) is 6.85. The van der Waals surface area contributed by atoms with Crippen molar-refractivity contribution in [1.82, 2.24) is 14.8 Å². The second kappa shape index (κ2) is 11.7. The van der Waals surface area contributed by atoms with Crippen LogP contribution in [0, 0.1) is 5.82 Å². The SMILES string of the molecule is CN1CCN(CCOc2cc(F)c(-c3ccc(CC(=O)OCc4ccccc4)cc3)cn2)CC1. The lowest BCUT2D eigenvalue weighted by molar-refractivity contribution is -0.144. The third-order valence-electron chi connectivity index (χ3n) is 5.94. The lowest BCUT2D eigenvalue weighted by Crippen LogP contribution is -2.45. The second-order valence-electron chi connectivity index (χ2n) is 8.52. The van der Waals surface area contributed by atoms with Gasteiger partial charge in [-0.15, -0.1) is 0 Å². The Morgan fingerprint density at radius 1 is 1.00 bits per heavy atom. The lowest BCUT2D eigenvalue weighted by Gasteiger charge is -2.32. The van der Waals surface area contributed by atoms with Crippen LogP contribution in [0.1, 0.15) is 11.1 Å². The van der Waals surface area contributed by atoms with Crippen LogP contribution in [0.25, 0.3) is 11.1 Å². The number of rotatable bonds is 9. The number of aromatic nitrogens is 1. The van der Waals surface area contributed by atoms with E-state index in [0.717, 1.165) is 43.9 Å². The van der Waals surface area contributed by atoms with E-state index >= 15 is 0 Å². The van der Waals surface area contributed by atoms with Crippen molar-refractivity contribution in [3.63, 3.8) is 0 Å². The lowest BCUT2D eigenvalue weighted by atomic mass is 10.0. The minimum absolute atomic E-state index is 0.161. The smallest absolute Gasteiger partial charge is 0.310 e. The summed E-state index contributed by atoms with van der Waals surface area (Å²) in [5, 5.41) is 0. The Morgan fingerprint density at radius 2 is 1.74 bits per heavy atom. The van der Waals surface area contributed by atoms with E-state index in [1.165, 1.54) is 12.3 Å². The quantitative estimate of drug-likeness (QED) is 0.450. The van der Waals surface area contributed by atoms with Crippen molar-refractivity contribution >= 4 is 5.97 Å². The van der Waals surface area contributed by atoms with Crippen molar-refractivity contribution in [2.45, 2.75) is 13.0 Å². The molecule has 4 rings (SSSR count). The molecule has 0 aliphatic carbocycles.